The molecule has 1 aliphatic heterocycles. The normalized spacial score (nSPS) is 17.5. The second-order valence-electron chi connectivity index (χ2n) is 6.53. The van der Waals surface area contributed by atoms with E-state index in [2.05, 4.69) is 63.7 Å². The predicted octanol–water partition coefficient (Wildman–Crippen LogP) is 4.14. The van der Waals surface area contributed by atoms with Crippen molar-refractivity contribution in [1.82, 2.24) is 10.6 Å². The largest absolute Gasteiger partial charge is 0.363 e. The topological polar surface area (TPSA) is 39.7 Å². The third kappa shape index (κ3) is 5.22. The van der Waals surface area contributed by atoms with E-state index in [1.54, 1.807) is 11.3 Å². The summed E-state index contributed by atoms with van der Waals surface area (Å²) in [6.07, 6.45) is 2.31. The van der Waals surface area contributed by atoms with E-state index >= 15 is 0 Å². The molecule has 25 heavy (non-hydrogen) atoms. The summed E-state index contributed by atoms with van der Waals surface area (Å²) >= 11 is 3.59. The van der Waals surface area contributed by atoms with E-state index in [4.69, 9.17) is 4.99 Å². The number of nitrogens with one attached hydrogen (secondary N) is 2. The molecule has 136 valence electrons. The van der Waals surface area contributed by atoms with Crippen LogP contribution >= 0.6 is 22.7 Å². The van der Waals surface area contributed by atoms with Gasteiger partial charge in [0.15, 0.2) is 5.96 Å². The van der Waals surface area contributed by atoms with Crippen molar-refractivity contribution in [2.45, 2.75) is 38.6 Å². The molecule has 2 aromatic heterocycles. The van der Waals surface area contributed by atoms with Crippen LogP contribution in [0.4, 0.5) is 5.00 Å². The smallest absolute Gasteiger partial charge is 0.191 e. The first-order valence-corrected chi connectivity index (χ1v) is 10.9. The molecule has 1 atom stereocenters. The van der Waals surface area contributed by atoms with Crippen LogP contribution in [0.25, 0.3) is 0 Å². The predicted molar refractivity (Wildman–Crippen MR) is 111 cm³/mol. The van der Waals surface area contributed by atoms with Gasteiger partial charge in [-0.3, -0.25) is 4.99 Å². The fraction of sp³-hybridized carbons (Fsp3) is 0.526. The van der Waals surface area contributed by atoms with E-state index < -0.39 is 0 Å². The Balaban J connectivity index is 1.50. The van der Waals surface area contributed by atoms with Crippen molar-refractivity contribution in [3.05, 3.63) is 39.9 Å². The van der Waals surface area contributed by atoms with Crippen LogP contribution in [-0.2, 0) is 0 Å². The molecule has 6 heteroatoms. The van der Waals surface area contributed by atoms with Gasteiger partial charge in [-0.1, -0.05) is 6.92 Å². The first-order valence-electron chi connectivity index (χ1n) is 9.11. The van der Waals surface area contributed by atoms with E-state index in [9.17, 15) is 0 Å². The maximum atomic E-state index is 4.82. The van der Waals surface area contributed by atoms with Gasteiger partial charge in [-0.25, -0.2) is 0 Å². The van der Waals surface area contributed by atoms with Gasteiger partial charge in [-0.2, -0.15) is 11.3 Å². The number of piperidine rings is 1. The molecule has 1 unspecified atom stereocenters. The van der Waals surface area contributed by atoms with Gasteiger partial charge in [0.1, 0.15) is 0 Å². The molecule has 0 bridgehead atoms. The van der Waals surface area contributed by atoms with Crippen molar-refractivity contribution in [1.29, 1.82) is 0 Å². The van der Waals surface area contributed by atoms with Crippen LogP contribution in [0, 0.1) is 0 Å². The Morgan fingerprint density at radius 1 is 1.32 bits per heavy atom. The molecule has 0 aromatic carbocycles. The summed E-state index contributed by atoms with van der Waals surface area (Å²) in [6.45, 7) is 8.31. The van der Waals surface area contributed by atoms with Gasteiger partial charge < -0.3 is 15.5 Å². The standard InChI is InChI=1S/C19H28N4S2/c1-3-20-19(21-13-15(2)16-8-12-24-14-16)22-17-6-9-23(10-7-17)18-5-4-11-25-18/h4-5,8,11-12,14-15,17H,3,6-7,9-10,13H2,1-2H3,(H2,20,21,22). The Morgan fingerprint density at radius 3 is 2.80 bits per heavy atom. The number of thiophene rings is 2. The minimum absolute atomic E-state index is 0.461. The number of hydrogen-bond donors (Lipinski definition) is 2. The van der Waals surface area contributed by atoms with Crippen LogP contribution in [0.3, 0.4) is 0 Å². The van der Waals surface area contributed by atoms with Gasteiger partial charge in [-0.05, 0) is 59.7 Å². The molecule has 1 fully saturated rings. The number of hydrogen-bond acceptors (Lipinski definition) is 4. The quantitative estimate of drug-likeness (QED) is 0.588. The van der Waals surface area contributed by atoms with Crippen LogP contribution in [0.15, 0.2) is 39.3 Å². The van der Waals surface area contributed by atoms with Gasteiger partial charge in [-0.15, -0.1) is 11.3 Å². The zero-order chi connectivity index (χ0) is 17.5. The van der Waals surface area contributed by atoms with Gasteiger partial charge in [0.05, 0.1) is 5.00 Å². The van der Waals surface area contributed by atoms with Crippen LogP contribution in [-0.4, -0.2) is 38.2 Å². The summed E-state index contributed by atoms with van der Waals surface area (Å²) in [6, 6.07) is 7.06. The molecule has 1 aliphatic rings. The van der Waals surface area contributed by atoms with Gasteiger partial charge in [0, 0.05) is 38.1 Å². The Kier molecular flexibility index (Phi) is 6.76. The first kappa shape index (κ1) is 18.3. The molecule has 3 heterocycles. The second kappa shape index (κ2) is 9.25. The number of guanidine groups is 1. The summed E-state index contributed by atoms with van der Waals surface area (Å²) < 4.78 is 0. The molecule has 0 radical (unpaired) electrons. The lowest BCUT2D eigenvalue weighted by atomic mass is 10.1. The fourth-order valence-electron chi connectivity index (χ4n) is 3.10. The van der Waals surface area contributed by atoms with Gasteiger partial charge in [0.25, 0.3) is 0 Å². The van der Waals surface area contributed by atoms with Crippen LogP contribution < -0.4 is 15.5 Å². The van der Waals surface area contributed by atoms with E-state index in [-0.39, 0.29) is 0 Å². The average Bonchev–Trinajstić information content (AvgIpc) is 3.33. The molecule has 3 rings (SSSR count). The summed E-state index contributed by atoms with van der Waals surface area (Å²) in [5.41, 5.74) is 1.38. The minimum atomic E-state index is 0.461. The molecule has 0 saturated carbocycles. The highest BCUT2D eigenvalue weighted by atomic mass is 32.1. The lowest BCUT2D eigenvalue weighted by Crippen LogP contribution is -2.48. The lowest BCUT2D eigenvalue weighted by molar-refractivity contribution is 0.462. The third-order valence-electron chi connectivity index (χ3n) is 4.63. The van der Waals surface area contributed by atoms with Gasteiger partial charge >= 0.3 is 0 Å². The summed E-state index contributed by atoms with van der Waals surface area (Å²) in [5.74, 6) is 1.42. The molecule has 1 saturated heterocycles. The molecule has 0 amide bonds. The highest BCUT2D eigenvalue weighted by Crippen LogP contribution is 2.24. The third-order valence-corrected chi connectivity index (χ3v) is 6.26. The van der Waals surface area contributed by atoms with E-state index in [0.717, 1.165) is 45.0 Å². The Hall–Kier alpha value is -1.53. The molecule has 0 spiro atoms. The minimum Gasteiger partial charge on any atom is -0.363 e. The van der Waals surface area contributed by atoms with Crippen LogP contribution in [0.5, 0.6) is 0 Å². The van der Waals surface area contributed by atoms with E-state index in [0.29, 0.717) is 12.0 Å². The molecule has 2 aromatic rings. The van der Waals surface area contributed by atoms with Crippen molar-refractivity contribution in [2.75, 3.05) is 31.1 Å². The zero-order valence-corrected chi connectivity index (χ0v) is 16.7. The summed E-state index contributed by atoms with van der Waals surface area (Å²) in [5, 5.41) is 15.0. The maximum Gasteiger partial charge on any atom is 0.191 e. The Morgan fingerprint density at radius 2 is 2.16 bits per heavy atom. The van der Waals surface area contributed by atoms with Crippen LogP contribution in [0.2, 0.25) is 0 Å². The van der Waals surface area contributed by atoms with Crippen molar-refractivity contribution < 1.29 is 0 Å². The monoisotopic (exact) mass is 376 g/mol. The lowest BCUT2D eigenvalue weighted by Gasteiger charge is -2.33. The van der Waals surface area contributed by atoms with Crippen LogP contribution in [0.1, 0.15) is 38.2 Å². The second-order valence-corrected chi connectivity index (χ2v) is 8.24. The van der Waals surface area contributed by atoms with Gasteiger partial charge in [0.2, 0.25) is 0 Å². The average molecular weight is 377 g/mol. The highest BCUT2D eigenvalue weighted by molar-refractivity contribution is 7.14. The number of nitrogens with zero attached hydrogens (tertiary/aromatic N) is 2. The van der Waals surface area contributed by atoms with Crippen molar-refractivity contribution in [2.24, 2.45) is 4.99 Å². The van der Waals surface area contributed by atoms with Crippen molar-refractivity contribution in [3.8, 4) is 0 Å². The maximum absolute atomic E-state index is 4.82. The zero-order valence-electron chi connectivity index (χ0n) is 15.1. The fourth-order valence-corrected chi connectivity index (χ4v) is 4.66. The van der Waals surface area contributed by atoms with Crippen molar-refractivity contribution in [3.63, 3.8) is 0 Å². The van der Waals surface area contributed by atoms with E-state index in [1.807, 2.05) is 11.3 Å². The molecule has 2 N–H and O–H groups in total. The van der Waals surface area contributed by atoms with Crippen molar-refractivity contribution >= 4 is 33.6 Å². The summed E-state index contributed by atoms with van der Waals surface area (Å²) in [4.78, 5) is 7.31. The Labute approximate surface area is 159 Å². The number of rotatable bonds is 6. The number of aliphatic imine (C=N–C) groups is 1. The molecule has 0 aliphatic carbocycles. The molecular formula is C19H28N4S2. The molecular weight excluding hydrogens is 348 g/mol. The van der Waals surface area contributed by atoms with E-state index in [1.165, 1.54) is 10.6 Å². The highest BCUT2D eigenvalue weighted by Gasteiger charge is 2.20. The summed E-state index contributed by atoms with van der Waals surface area (Å²) in [7, 11) is 0. The first-order chi connectivity index (χ1) is 12.3. The SMILES string of the molecule is CCNC(=NCC(C)c1ccsc1)NC1CCN(c2cccs2)CC1. The number of anilines is 1. The molecule has 4 nitrogen and oxygen atoms in total. The Bertz CT molecular complexity index is 628.